The summed E-state index contributed by atoms with van der Waals surface area (Å²) in [7, 11) is 6.29. The van der Waals surface area contributed by atoms with Crippen LogP contribution in [-0.4, -0.2) is 21.1 Å². The number of rotatable bonds is 2. The Hall–Kier alpha value is -0.760. The standard InChI is InChI=1S/C9H16NO/c1-5-8-6-7-9(11-8)10(2,3)4/h6-7H,5H2,1-4H3/q+1. The van der Waals surface area contributed by atoms with E-state index in [9.17, 15) is 0 Å². The summed E-state index contributed by atoms with van der Waals surface area (Å²) in [5.41, 5.74) is 0. The SMILES string of the molecule is CCc1ccc([N+](C)(C)C)o1. The molecule has 0 atom stereocenters. The van der Waals surface area contributed by atoms with Crippen molar-refractivity contribution in [3.8, 4) is 0 Å². The van der Waals surface area contributed by atoms with Crippen molar-refractivity contribution in [1.29, 1.82) is 0 Å². The monoisotopic (exact) mass is 154 g/mol. The minimum atomic E-state index is 0.750. The van der Waals surface area contributed by atoms with E-state index in [-0.39, 0.29) is 0 Å². The van der Waals surface area contributed by atoms with Crippen LogP contribution in [0, 0.1) is 0 Å². The molecule has 0 N–H and O–H groups in total. The molecule has 0 aromatic carbocycles. The second-order valence-corrected chi connectivity index (χ2v) is 3.61. The minimum Gasteiger partial charge on any atom is -0.417 e. The van der Waals surface area contributed by atoms with Gasteiger partial charge < -0.3 is 4.42 Å². The number of aryl methyl sites for hydroxylation is 1. The van der Waals surface area contributed by atoms with Crippen molar-refractivity contribution in [2.45, 2.75) is 13.3 Å². The summed E-state index contributed by atoms with van der Waals surface area (Å²) in [5.74, 6) is 2.08. The van der Waals surface area contributed by atoms with Gasteiger partial charge in [0.05, 0.1) is 21.1 Å². The van der Waals surface area contributed by atoms with E-state index in [4.69, 9.17) is 4.42 Å². The third kappa shape index (κ3) is 1.84. The Morgan fingerprint density at radius 3 is 2.18 bits per heavy atom. The zero-order valence-electron chi connectivity index (χ0n) is 7.72. The van der Waals surface area contributed by atoms with Crippen LogP contribution in [0.15, 0.2) is 16.5 Å². The van der Waals surface area contributed by atoms with E-state index in [1.807, 2.05) is 12.1 Å². The highest BCUT2D eigenvalue weighted by molar-refractivity contribution is 5.29. The quantitative estimate of drug-likeness (QED) is 0.594. The van der Waals surface area contributed by atoms with Crippen LogP contribution < -0.4 is 4.48 Å². The smallest absolute Gasteiger partial charge is 0.296 e. The van der Waals surface area contributed by atoms with Gasteiger partial charge in [-0.25, -0.2) is 0 Å². The maximum Gasteiger partial charge on any atom is 0.296 e. The fraction of sp³-hybridized carbons (Fsp3) is 0.556. The van der Waals surface area contributed by atoms with Crippen molar-refractivity contribution in [1.82, 2.24) is 4.48 Å². The third-order valence-corrected chi connectivity index (χ3v) is 1.66. The van der Waals surface area contributed by atoms with Gasteiger partial charge in [0.15, 0.2) is 0 Å². The van der Waals surface area contributed by atoms with Crippen LogP contribution in [0.1, 0.15) is 12.7 Å². The molecule has 0 aliphatic rings. The molecule has 1 aromatic heterocycles. The van der Waals surface area contributed by atoms with Crippen LogP contribution in [0.4, 0.5) is 5.88 Å². The van der Waals surface area contributed by atoms with Crippen LogP contribution in [0.25, 0.3) is 0 Å². The van der Waals surface area contributed by atoms with Gasteiger partial charge in [-0.3, -0.25) is 4.48 Å². The molecule has 62 valence electrons. The Bertz CT molecular complexity index is 232. The summed E-state index contributed by atoms with van der Waals surface area (Å²) in [6, 6.07) is 4.08. The maximum absolute atomic E-state index is 5.57. The zero-order chi connectivity index (χ0) is 8.48. The number of furan rings is 1. The van der Waals surface area contributed by atoms with Gasteiger partial charge in [0.25, 0.3) is 5.88 Å². The summed E-state index contributed by atoms with van der Waals surface area (Å²) < 4.78 is 6.32. The van der Waals surface area contributed by atoms with Gasteiger partial charge in [0.2, 0.25) is 0 Å². The van der Waals surface area contributed by atoms with Gasteiger partial charge in [-0.2, -0.15) is 0 Å². The molecule has 11 heavy (non-hydrogen) atoms. The van der Waals surface area contributed by atoms with Crippen LogP contribution in [-0.2, 0) is 6.42 Å². The summed E-state index contributed by atoms with van der Waals surface area (Å²) in [4.78, 5) is 0. The number of quaternary nitrogens is 1. The van der Waals surface area contributed by atoms with Crippen molar-refractivity contribution in [3.63, 3.8) is 0 Å². The molecule has 0 fully saturated rings. The van der Waals surface area contributed by atoms with Crippen molar-refractivity contribution in [2.75, 3.05) is 21.1 Å². The number of hydrogen-bond donors (Lipinski definition) is 0. The fourth-order valence-corrected chi connectivity index (χ4v) is 0.917. The lowest BCUT2D eigenvalue weighted by molar-refractivity contribution is 0.368. The first kappa shape index (κ1) is 8.34. The predicted octanol–water partition coefficient (Wildman–Crippen LogP) is 2.04. The molecule has 2 heteroatoms. The van der Waals surface area contributed by atoms with E-state index in [0.29, 0.717) is 0 Å². The van der Waals surface area contributed by atoms with Gasteiger partial charge >= 0.3 is 0 Å². The molecule has 1 heterocycles. The predicted molar refractivity (Wildman–Crippen MR) is 47.7 cm³/mol. The first-order chi connectivity index (χ1) is 5.04. The molecule has 0 spiro atoms. The number of nitrogens with zero attached hydrogens (tertiary/aromatic N) is 1. The Balaban J connectivity index is 2.89. The minimum absolute atomic E-state index is 0.750. The molecule has 0 amide bonds. The lowest BCUT2D eigenvalue weighted by atomic mass is 10.4. The van der Waals surface area contributed by atoms with Crippen molar-refractivity contribution in [2.24, 2.45) is 0 Å². The third-order valence-electron chi connectivity index (χ3n) is 1.66. The van der Waals surface area contributed by atoms with Crippen LogP contribution in [0.2, 0.25) is 0 Å². The Morgan fingerprint density at radius 1 is 1.27 bits per heavy atom. The molecule has 1 aromatic rings. The van der Waals surface area contributed by atoms with Gasteiger partial charge in [0.1, 0.15) is 5.76 Å². The maximum atomic E-state index is 5.57. The normalized spacial score (nSPS) is 12.0. The molecule has 0 saturated carbocycles. The summed E-state index contributed by atoms with van der Waals surface area (Å²) in [6.07, 6.45) is 0.972. The Kier molecular flexibility index (Phi) is 2.05. The average molecular weight is 154 g/mol. The average Bonchev–Trinajstić information content (AvgIpc) is 2.32. The van der Waals surface area contributed by atoms with Crippen LogP contribution in [0.3, 0.4) is 0 Å². The fourth-order valence-electron chi connectivity index (χ4n) is 0.917. The highest BCUT2D eigenvalue weighted by Gasteiger charge is 2.16. The topological polar surface area (TPSA) is 13.1 Å². The molecular weight excluding hydrogens is 138 g/mol. The highest BCUT2D eigenvalue weighted by atomic mass is 16.4. The highest BCUT2D eigenvalue weighted by Crippen LogP contribution is 2.20. The second kappa shape index (κ2) is 2.70. The molecule has 0 unspecified atom stereocenters. The molecule has 0 aliphatic heterocycles. The van der Waals surface area contributed by atoms with E-state index < -0.39 is 0 Å². The summed E-state index contributed by atoms with van der Waals surface area (Å²) in [6.45, 7) is 2.10. The largest absolute Gasteiger partial charge is 0.417 e. The Morgan fingerprint density at radius 2 is 1.91 bits per heavy atom. The van der Waals surface area contributed by atoms with Gasteiger partial charge in [-0.05, 0) is 6.07 Å². The first-order valence-electron chi connectivity index (χ1n) is 3.94. The molecule has 1 rings (SSSR count). The lowest BCUT2D eigenvalue weighted by Gasteiger charge is -2.18. The lowest BCUT2D eigenvalue weighted by Crippen LogP contribution is -2.34. The molecule has 0 aliphatic carbocycles. The van der Waals surface area contributed by atoms with E-state index in [1.54, 1.807) is 0 Å². The number of hydrogen-bond acceptors (Lipinski definition) is 1. The van der Waals surface area contributed by atoms with E-state index >= 15 is 0 Å². The van der Waals surface area contributed by atoms with Crippen molar-refractivity contribution >= 4 is 5.88 Å². The molecule has 0 saturated heterocycles. The van der Waals surface area contributed by atoms with E-state index in [1.165, 1.54) is 0 Å². The molecule has 2 nitrogen and oxygen atoms in total. The second-order valence-electron chi connectivity index (χ2n) is 3.61. The van der Waals surface area contributed by atoms with Gasteiger partial charge in [-0.15, -0.1) is 0 Å². The van der Waals surface area contributed by atoms with Crippen LogP contribution >= 0.6 is 0 Å². The van der Waals surface area contributed by atoms with Gasteiger partial charge in [-0.1, -0.05) is 6.92 Å². The molecule has 0 bridgehead atoms. The van der Waals surface area contributed by atoms with Crippen molar-refractivity contribution < 1.29 is 4.42 Å². The van der Waals surface area contributed by atoms with E-state index in [0.717, 1.165) is 22.5 Å². The first-order valence-corrected chi connectivity index (χ1v) is 3.94. The van der Waals surface area contributed by atoms with Gasteiger partial charge in [0, 0.05) is 12.5 Å². The summed E-state index contributed by atoms with van der Waals surface area (Å²) >= 11 is 0. The molecular formula is C9H16NO+. The van der Waals surface area contributed by atoms with E-state index in [2.05, 4.69) is 28.1 Å². The zero-order valence-corrected chi connectivity index (χ0v) is 7.72. The van der Waals surface area contributed by atoms with Crippen LogP contribution in [0.5, 0.6) is 0 Å². The molecule has 0 radical (unpaired) electrons. The summed E-state index contributed by atoms with van der Waals surface area (Å²) in [5, 5.41) is 0. The van der Waals surface area contributed by atoms with Crippen molar-refractivity contribution in [3.05, 3.63) is 17.9 Å². The Labute approximate surface area is 68.0 Å².